The molecule has 0 aliphatic carbocycles. The first kappa shape index (κ1) is 7.81. The quantitative estimate of drug-likeness (QED) is 0.474. The molecule has 1 rings (SSSR count). The van der Waals surface area contributed by atoms with Crippen molar-refractivity contribution < 1.29 is 9.53 Å². The van der Waals surface area contributed by atoms with Crippen molar-refractivity contribution in [3.63, 3.8) is 0 Å². The standard InChI is InChI=1S/C7H10N2O2/c8-7(11-5-10)4-6-2-1-3-9-6/h1-3,5,7,9H,4,8H2. The Kier molecular flexibility index (Phi) is 2.68. The average Bonchev–Trinajstić information content (AvgIpc) is 2.40. The molecule has 1 aromatic rings. The number of carbonyl (C=O) groups is 1. The number of hydrogen-bond donors (Lipinski definition) is 2. The van der Waals surface area contributed by atoms with Crippen LogP contribution in [0.5, 0.6) is 0 Å². The number of aromatic nitrogens is 1. The summed E-state index contributed by atoms with van der Waals surface area (Å²) in [6, 6.07) is 3.75. The van der Waals surface area contributed by atoms with Crippen LogP contribution < -0.4 is 5.73 Å². The van der Waals surface area contributed by atoms with Crippen LogP contribution in [0.15, 0.2) is 18.3 Å². The summed E-state index contributed by atoms with van der Waals surface area (Å²) >= 11 is 0. The number of aromatic amines is 1. The second-order valence-electron chi connectivity index (χ2n) is 2.17. The van der Waals surface area contributed by atoms with E-state index in [0.717, 1.165) is 5.69 Å². The van der Waals surface area contributed by atoms with Gasteiger partial charge in [-0.05, 0) is 12.1 Å². The van der Waals surface area contributed by atoms with Gasteiger partial charge in [0.2, 0.25) is 0 Å². The zero-order valence-corrected chi connectivity index (χ0v) is 5.99. The van der Waals surface area contributed by atoms with E-state index in [1.54, 1.807) is 6.20 Å². The lowest BCUT2D eigenvalue weighted by molar-refractivity contribution is -0.133. The van der Waals surface area contributed by atoms with Crippen molar-refractivity contribution in [1.82, 2.24) is 4.98 Å². The second-order valence-corrected chi connectivity index (χ2v) is 2.17. The Morgan fingerprint density at radius 1 is 1.82 bits per heavy atom. The Bertz CT molecular complexity index is 208. The van der Waals surface area contributed by atoms with E-state index >= 15 is 0 Å². The number of hydrogen-bond acceptors (Lipinski definition) is 3. The topological polar surface area (TPSA) is 68.1 Å². The van der Waals surface area contributed by atoms with E-state index in [2.05, 4.69) is 9.72 Å². The average molecular weight is 154 g/mol. The van der Waals surface area contributed by atoms with Gasteiger partial charge in [-0.25, -0.2) is 0 Å². The summed E-state index contributed by atoms with van der Waals surface area (Å²) in [5.41, 5.74) is 6.36. The molecule has 0 spiro atoms. The predicted octanol–water partition coefficient (Wildman–Crippen LogP) is 0.0150. The molecular weight excluding hydrogens is 144 g/mol. The molecule has 0 fully saturated rings. The highest BCUT2D eigenvalue weighted by atomic mass is 16.5. The third-order valence-corrected chi connectivity index (χ3v) is 1.31. The number of carbonyl (C=O) groups excluding carboxylic acids is 1. The highest BCUT2D eigenvalue weighted by Crippen LogP contribution is 1.98. The SMILES string of the molecule is NC(Cc1ccc[nH]1)OC=O. The zero-order valence-electron chi connectivity index (χ0n) is 5.99. The van der Waals surface area contributed by atoms with Crippen LogP contribution in [0.2, 0.25) is 0 Å². The van der Waals surface area contributed by atoms with E-state index in [1.807, 2.05) is 12.1 Å². The zero-order chi connectivity index (χ0) is 8.10. The monoisotopic (exact) mass is 154 g/mol. The fraction of sp³-hybridized carbons (Fsp3) is 0.286. The summed E-state index contributed by atoms with van der Waals surface area (Å²) in [6.07, 6.45) is 1.76. The third-order valence-electron chi connectivity index (χ3n) is 1.31. The van der Waals surface area contributed by atoms with Gasteiger partial charge >= 0.3 is 0 Å². The van der Waals surface area contributed by atoms with Gasteiger partial charge < -0.3 is 9.72 Å². The van der Waals surface area contributed by atoms with E-state index in [1.165, 1.54) is 0 Å². The Hall–Kier alpha value is -1.29. The summed E-state index contributed by atoms with van der Waals surface area (Å²) in [4.78, 5) is 12.8. The number of H-pyrrole nitrogens is 1. The van der Waals surface area contributed by atoms with Crippen molar-refractivity contribution in [3.8, 4) is 0 Å². The molecule has 0 aromatic carbocycles. The molecule has 0 radical (unpaired) electrons. The highest BCUT2D eigenvalue weighted by molar-refractivity contribution is 5.37. The fourth-order valence-electron chi connectivity index (χ4n) is 0.831. The van der Waals surface area contributed by atoms with Crippen LogP contribution >= 0.6 is 0 Å². The van der Waals surface area contributed by atoms with E-state index in [4.69, 9.17) is 5.73 Å². The van der Waals surface area contributed by atoms with Crippen molar-refractivity contribution in [1.29, 1.82) is 0 Å². The van der Waals surface area contributed by atoms with Gasteiger partial charge in [-0.3, -0.25) is 10.5 Å². The molecule has 0 saturated carbocycles. The minimum atomic E-state index is -0.550. The lowest BCUT2D eigenvalue weighted by atomic mass is 10.3. The van der Waals surface area contributed by atoms with Gasteiger partial charge in [0, 0.05) is 18.3 Å². The Morgan fingerprint density at radius 2 is 2.64 bits per heavy atom. The minimum Gasteiger partial charge on any atom is -0.449 e. The third kappa shape index (κ3) is 2.43. The number of rotatable bonds is 4. The van der Waals surface area contributed by atoms with Crippen LogP contribution in [-0.2, 0) is 16.0 Å². The van der Waals surface area contributed by atoms with Crippen LogP contribution in [0.25, 0.3) is 0 Å². The molecule has 4 nitrogen and oxygen atoms in total. The van der Waals surface area contributed by atoms with Gasteiger partial charge in [0.05, 0.1) is 0 Å². The largest absolute Gasteiger partial charge is 0.449 e. The molecule has 0 aliphatic heterocycles. The van der Waals surface area contributed by atoms with Crippen molar-refractivity contribution in [2.75, 3.05) is 0 Å². The van der Waals surface area contributed by atoms with E-state index < -0.39 is 6.23 Å². The molecule has 1 heterocycles. The normalized spacial score (nSPS) is 12.5. The first-order chi connectivity index (χ1) is 5.33. The van der Waals surface area contributed by atoms with E-state index in [0.29, 0.717) is 12.9 Å². The van der Waals surface area contributed by atoms with Crippen LogP contribution in [0, 0.1) is 0 Å². The Balaban J connectivity index is 2.37. The van der Waals surface area contributed by atoms with Crippen molar-refractivity contribution >= 4 is 6.47 Å². The van der Waals surface area contributed by atoms with Gasteiger partial charge in [0.1, 0.15) is 0 Å². The van der Waals surface area contributed by atoms with Crippen LogP contribution in [0.1, 0.15) is 5.69 Å². The van der Waals surface area contributed by atoms with Gasteiger partial charge in [0.25, 0.3) is 6.47 Å². The van der Waals surface area contributed by atoms with Crippen LogP contribution in [-0.4, -0.2) is 17.7 Å². The summed E-state index contributed by atoms with van der Waals surface area (Å²) in [5.74, 6) is 0. The molecule has 1 aromatic heterocycles. The van der Waals surface area contributed by atoms with Crippen molar-refractivity contribution in [3.05, 3.63) is 24.0 Å². The fourth-order valence-corrected chi connectivity index (χ4v) is 0.831. The molecule has 0 bridgehead atoms. The van der Waals surface area contributed by atoms with Gasteiger partial charge in [0.15, 0.2) is 6.23 Å². The smallest absolute Gasteiger partial charge is 0.294 e. The van der Waals surface area contributed by atoms with Gasteiger partial charge in [-0.1, -0.05) is 0 Å². The summed E-state index contributed by atoms with van der Waals surface area (Å²) in [5, 5.41) is 0. The van der Waals surface area contributed by atoms with Crippen LogP contribution in [0.3, 0.4) is 0 Å². The van der Waals surface area contributed by atoms with E-state index in [9.17, 15) is 4.79 Å². The molecule has 60 valence electrons. The molecule has 0 saturated heterocycles. The number of ether oxygens (including phenoxy) is 1. The molecule has 11 heavy (non-hydrogen) atoms. The lowest BCUT2D eigenvalue weighted by Crippen LogP contribution is -2.25. The molecule has 1 unspecified atom stereocenters. The number of nitrogens with one attached hydrogen (secondary N) is 1. The Morgan fingerprint density at radius 3 is 3.18 bits per heavy atom. The summed E-state index contributed by atoms with van der Waals surface area (Å²) < 4.78 is 4.49. The highest BCUT2D eigenvalue weighted by Gasteiger charge is 2.02. The second kappa shape index (κ2) is 3.78. The maximum Gasteiger partial charge on any atom is 0.294 e. The first-order valence-electron chi connectivity index (χ1n) is 3.30. The molecule has 1 atom stereocenters. The summed E-state index contributed by atoms with van der Waals surface area (Å²) in [6.45, 7) is 0.355. The Labute approximate surface area is 64.4 Å². The van der Waals surface area contributed by atoms with Gasteiger partial charge in [-0.2, -0.15) is 0 Å². The maximum absolute atomic E-state index is 9.83. The van der Waals surface area contributed by atoms with E-state index in [-0.39, 0.29) is 0 Å². The molecule has 0 amide bonds. The predicted molar refractivity (Wildman–Crippen MR) is 39.6 cm³/mol. The first-order valence-corrected chi connectivity index (χ1v) is 3.30. The maximum atomic E-state index is 9.83. The molecular formula is C7H10N2O2. The van der Waals surface area contributed by atoms with Crippen molar-refractivity contribution in [2.24, 2.45) is 5.73 Å². The van der Waals surface area contributed by atoms with Crippen molar-refractivity contribution in [2.45, 2.75) is 12.6 Å². The van der Waals surface area contributed by atoms with Gasteiger partial charge in [-0.15, -0.1) is 0 Å². The molecule has 3 N–H and O–H groups in total. The molecule has 0 aliphatic rings. The number of nitrogens with two attached hydrogens (primary N) is 1. The lowest BCUT2D eigenvalue weighted by Gasteiger charge is -2.06. The minimum absolute atomic E-state index is 0.355. The summed E-state index contributed by atoms with van der Waals surface area (Å²) in [7, 11) is 0. The van der Waals surface area contributed by atoms with Crippen LogP contribution in [0.4, 0.5) is 0 Å². The molecule has 4 heteroatoms.